The number of hydrogen-bond acceptors (Lipinski definition) is 6. The second kappa shape index (κ2) is 10.9. The van der Waals surface area contributed by atoms with Crippen LogP contribution in [0.5, 0.6) is 17.2 Å². The summed E-state index contributed by atoms with van der Waals surface area (Å²) in [5.74, 6) is 0.453. The fourth-order valence-corrected chi connectivity index (χ4v) is 3.50. The summed E-state index contributed by atoms with van der Waals surface area (Å²) in [7, 11) is 4.51. The summed E-state index contributed by atoms with van der Waals surface area (Å²) in [5.41, 5.74) is 0.932. The monoisotopic (exact) mass is 460 g/mol. The smallest absolute Gasteiger partial charge is 0.270 e. The molecule has 2 amide bonds. The molecule has 1 aliphatic heterocycles. The molecule has 32 heavy (non-hydrogen) atoms. The third-order valence-corrected chi connectivity index (χ3v) is 5.22. The molecular weight excluding hydrogens is 436 g/mol. The molecule has 1 fully saturated rings. The van der Waals surface area contributed by atoms with E-state index in [9.17, 15) is 9.59 Å². The number of nitrogens with one attached hydrogen (secondary N) is 1. The van der Waals surface area contributed by atoms with Crippen LogP contribution in [0.2, 0.25) is 5.02 Å². The number of amides is 2. The Morgan fingerprint density at radius 3 is 2.22 bits per heavy atom. The molecule has 9 heteroatoms. The Hall–Kier alpha value is -3.23. The molecule has 1 heterocycles. The summed E-state index contributed by atoms with van der Waals surface area (Å²) < 4.78 is 21.5. The van der Waals surface area contributed by atoms with E-state index in [2.05, 4.69) is 5.32 Å². The van der Waals surface area contributed by atoms with Crippen LogP contribution < -0.4 is 19.5 Å². The van der Waals surface area contributed by atoms with Gasteiger partial charge in [-0.1, -0.05) is 23.7 Å². The van der Waals surface area contributed by atoms with E-state index >= 15 is 0 Å². The average Bonchev–Trinajstić information content (AvgIpc) is 2.83. The maximum atomic E-state index is 13.3. The van der Waals surface area contributed by atoms with E-state index < -0.39 is 5.91 Å². The number of morpholine rings is 1. The molecule has 2 aromatic carbocycles. The number of benzene rings is 2. The van der Waals surface area contributed by atoms with Gasteiger partial charge in [0.25, 0.3) is 11.8 Å². The largest absolute Gasteiger partial charge is 0.493 e. The molecule has 0 unspecified atom stereocenters. The van der Waals surface area contributed by atoms with E-state index in [4.69, 9.17) is 30.5 Å². The van der Waals surface area contributed by atoms with E-state index in [-0.39, 0.29) is 22.2 Å². The minimum absolute atomic E-state index is 0.0890. The zero-order chi connectivity index (χ0) is 23.1. The molecule has 8 nitrogen and oxygen atoms in total. The molecule has 3 rings (SSSR count). The summed E-state index contributed by atoms with van der Waals surface area (Å²) in [6.45, 7) is 1.71. The number of halogens is 1. The summed E-state index contributed by atoms with van der Waals surface area (Å²) >= 11 is 6.16. The highest BCUT2D eigenvalue weighted by atomic mass is 35.5. The molecule has 0 spiro atoms. The van der Waals surface area contributed by atoms with Gasteiger partial charge < -0.3 is 29.2 Å². The molecule has 0 radical (unpaired) electrons. The Bertz CT molecular complexity index is 992. The Morgan fingerprint density at radius 1 is 1.03 bits per heavy atom. The molecular formula is C23H25ClN2O6. The molecule has 0 bridgehead atoms. The van der Waals surface area contributed by atoms with Crippen LogP contribution in [0.3, 0.4) is 0 Å². The Labute approximate surface area is 191 Å². The molecule has 1 saturated heterocycles. The van der Waals surface area contributed by atoms with Gasteiger partial charge in [-0.3, -0.25) is 9.59 Å². The van der Waals surface area contributed by atoms with E-state index in [1.807, 2.05) is 0 Å². The zero-order valence-electron chi connectivity index (χ0n) is 18.1. The van der Waals surface area contributed by atoms with Crippen molar-refractivity contribution in [3.05, 3.63) is 58.2 Å². The molecule has 0 aliphatic carbocycles. The number of carbonyl (C=O) groups excluding carboxylic acids is 2. The third kappa shape index (κ3) is 5.33. The Morgan fingerprint density at radius 2 is 1.66 bits per heavy atom. The van der Waals surface area contributed by atoms with Crippen molar-refractivity contribution >= 4 is 29.5 Å². The van der Waals surface area contributed by atoms with Crippen molar-refractivity contribution in [1.29, 1.82) is 0 Å². The van der Waals surface area contributed by atoms with Crippen molar-refractivity contribution in [2.45, 2.75) is 0 Å². The predicted octanol–water partition coefficient (Wildman–Crippen LogP) is 3.00. The fourth-order valence-electron chi connectivity index (χ4n) is 3.27. The van der Waals surface area contributed by atoms with Crippen molar-refractivity contribution in [2.24, 2.45) is 0 Å². The quantitative estimate of drug-likeness (QED) is 0.639. The molecule has 0 saturated carbocycles. The van der Waals surface area contributed by atoms with E-state index in [1.54, 1.807) is 47.4 Å². The second-order valence-corrected chi connectivity index (χ2v) is 7.26. The molecule has 170 valence electrons. The van der Waals surface area contributed by atoms with Gasteiger partial charge in [0.05, 0.1) is 45.1 Å². The first kappa shape index (κ1) is 23.4. The molecule has 1 N–H and O–H groups in total. The van der Waals surface area contributed by atoms with E-state index in [0.29, 0.717) is 49.1 Å². The number of methoxy groups -OCH3 is 3. The van der Waals surface area contributed by atoms with Gasteiger partial charge >= 0.3 is 0 Å². The highest BCUT2D eigenvalue weighted by Gasteiger charge is 2.24. The van der Waals surface area contributed by atoms with Gasteiger partial charge in [0, 0.05) is 13.1 Å². The number of rotatable bonds is 7. The van der Waals surface area contributed by atoms with Crippen LogP contribution in [0.15, 0.2) is 42.1 Å². The van der Waals surface area contributed by atoms with Crippen molar-refractivity contribution in [1.82, 2.24) is 10.2 Å². The number of hydrogen-bond donors (Lipinski definition) is 1. The van der Waals surface area contributed by atoms with Crippen LogP contribution in [-0.2, 0) is 9.53 Å². The Kier molecular flexibility index (Phi) is 7.97. The predicted molar refractivity (Wildman–Crippen MR) is 120 cm³/mol. The van der Waals surface area contributed by atoms with Gasteiger partial charge in [0.1, 0.15) is 5.70 Å². The van der Waals surface area contributed by atoms with Gasteiger partial charge in [0.15, 0.2) is 11.5 Å². The molecule has 0 aromatic heterocycles. The summed E-state index contributed by atoms with van der Waals surface area (Å²) in [4.78, 5) is 27.8. The zero-order valence-corrected chi connectivity index (χ0v) is 18.9. The van der Waals surface area contributed by atoms with Crippen LogP contribution in [0.4, 0.5) is 0 Å². The lowest BCUT2D eigenvalue weighted by Crippen LogP contribution is -2.44. The lowest BCUT2D eigenvalue weighted by Gasteiger charge is -2.28. The van der Waals surface area contributed by atoms with Gasteiger partial charge in [0.2, 0.25) is 5.75 Å². The number of ether oxygens (including phenoxy) is 4. The summed E-state index contributed by atoms with van der Waals surface area (Å²) in [6, 6.07) is 10.0. The normalized spacial score (nSPS) is 14.0. The fraction of sp³-hybridized carbons (Fsp3) is 0.304. The second-order valence-electron chi connectivity index (χ2n) is 6.86. The standard InChI is InChI=1S/C23H25ClN2O6/c1-29-19-13-15(14-20(30-2)21(19)31-3)12-18(23(28)26-8-10-32-11-9-26)25-22(27)16-6-4-5-7-17(16)24/h4-7,12-14H,8-11H2,1-3H3,(H,25,27). The van der Waals surface area contributed by atoms with E-state index in [0.717, 1.165) is 0 Å². The molecule has 0 atom stereocenters. The first-order valence-corrected chi connectivity index (χ1v) is 10.3. The average molecular weight is 461 g/mol. The van der Waals surface area contributed by atoms with Crippen molar-refractivity contribution in [3.63, 3.8) is 0 Å². The van der Waals surface area contributed by atoms with Crippen LogP contribution in [-0.4, -0.2) is 64.3 Å². The topological polar surface area (TPSA) is 86.3 Å². The van der Waals surface area contributed by atoms with Gasteiger partial charge in [-0.15, -0.1) is 0 Å². The maximum absolute atomic E-state index is 13.3. The third-order valence-electron chi connectivity index (χ3n) is 4.89. The van der Waals surface area contributed by atoms with Crippen LogP contribution >= 0.6 is 11.6 Å². The van der Waals surface area contributed by atoms with Crippen LogP contribution in [0, 0.1) is 0 Å². The Balaban J connectivity index is 2.01. The SMILES string of the molecule is COc1cc(C=C(NC(=O)c2ccccc2Cl)C(=O)N2CCOCC2)cc(OC)c1OC. The van der Waals surface area contributed by atoms with Crippen LogP contribution in [0.25, 0.3) is 6.08 Å². The van der Waals surface area contributed by atoms with Crippen molar-refractivity contribution < 1.29 is 28.5 Å². The first-order chi connectivity index (χ1) is 15.5. The van der Waals surface area contributed by atoms with Gasteiger partial charge in [-0.2, -0.15) is 0 Å². The molecule has 1 aliphatic rings. The lowest BCUT2D eigenvalue weighted by atomic mass is 10.1. The minimum Gasteiger partial charge on any atom is -0.493 e. The van der Waals surface area contributed by atoms with Gasteiger partial charge in [-0.25, -0.2) is 0 Å². The van der Waals surface area contributed by atoms with Gasteiger partial charge in [-0.05, 0) is 35.9 Å². The van der Waals surface area contributed by atoms with Crippen LogP contribution in [0.1, 0.15) is 15.9 Å². The lowest BCUT2D eigenvalue weighted by molar-refractivity contribution is -0.131. The first-order valence-electron chi connectivity index (χ1n) is 9.93. The summed E-state index contributed by atoms with van der Waals surface area (Å²) in [5, 5.41) is 3.00. The summed E-state index contributed by atoms with van der Waals surface area (Å²) in [6.07, 6.45) is 1.57. The minimum atomic E-state index is -0.490. The number of carbonyl (C=O) groups is 2. The van der Waals surface area contributed by atoms with E-state index in [1.165, 1.54) is 21.3 Å². The highest BCUT2D eigenvalue weighted by molar-refractivity contribution is 6.34. The number of nitrogens with zero attached hydrogens (tertiary/aromatic N) is 1. The van der Waals surface area contributed by atoms with Crippen molar-refractivity contribution in [3.8, 4) is 17.2 Å². The highest BCUT2D eigenvalue weighted by Crippen LogP contribution is 2.38. The molecule has 2 aromatic rings. The van der Waals surface area contributed by atoms with Crippen molar-refractivity contribution in [2.75, 3.05) is 47.6 Å². The maximum Gasteiger partial charge on any atom is 0.270 e.